The molecule has 2 aromatic rings. The van der Waals surface area contributed by atoms with Crippen LogP contribution >= 0.6 is 0 Å². The number of amides is 1. The summed E-state index contributed by atoms with van der Waals surface area (Å²) in [5.41, 5.74) is 0.941. The molecule has 0 bridgehead atoms. The van der Waals surface area contributed by atoms with E-state index in [-0.39, 0.29) is 24.3 Å². The van der Waals surface area contributed by atoms with E-state index in [0.29, 0.717) is 22.6 Å². The number of hydrogen-bond acceptors (Lipinski definition) is 5. The van der Waals surface area contributed by atoms with Crippen molar-refractivity contribution in [3.05, 3.63) is 18.0 Å². The summed E-state index contributed by atoms with van der Waals surface area (Å²) in [6.07, 6.45) is 8.93. The molecule has 0 saturated heterocycles. The van der Waals surface area contributed by atoms with Gasteiger partial charge in [0.25, 0.3) is 5.91 Å². The highest BCUT2D eigenvalue weighted by molar-refractivity contribution is 6.05. The minimum absolute atomic E-state index is 0.160. The molecule has 0 spiro atoms. The van der Waals surface area contributed by atoms with Crippen molar-refractivity contribution in [3.8, 4) is 5.88 Å². The van der Waals surface area contributed by atoms with E-state index in [0.717, 1.165) is 12.8 Å². The smallest absolute Gasteiger partial charge is 0.255 e. The molecule has 1 saturated carbocycles. The summed E-state index contributed by atoms with van der Waals surface area (Å²) in [5.74, 6) is 0.189. The summed E-state index contributed by atoms with van der Waals surface area (Å²) in [7, 11) is 0. The van der Waals surface area contributed by atoms with Crippen molar-refractivity contribution in [2.24, 2.45) is 0 Å². The van der Waals surface area contributed by atoms with Gasteiger partial charge in [-0.1, -0.05) is 6.42 Å². The largest absolute Gasteiger partial charge is 0.473 e. The molecule has 2 heterocycles. The third-order valence-corrected chi connectivity index (χ3v) is 4.27. The highest BCUT2D eigenvalue weighted by atomic mass is 16.5. The van der Waals surface area contributed by atoms with Gasteiger partial charge in [0.15, 0.2) is 5.65 Å². The van der Waals surface area contributed by atoms with Crippen LogP contribution in [0.1, 0.15) is 63.2 Å². The highest BCUT2D eigenvalue weighted by Gasteiger charge is 2.23. The predicted octanol–water partition coefficient (Wildman–Crippen LogP) is 2.62. The number of nitrogens with one attached hydrogen (secondary N) is 1. The summed E-state index contributed by atoms with van der Waals surface area (Å²) >= 11 is 0. The van der Waals surface area contributed by atoms with Crippen molar-refractivity contribution < 1.29 is 14.6 Å². The zero-order valence-corrected chi connectivity index (χ0v) is 15.1. The molecule has 0 unspecified atom stereocenters. The Hall–Kier alpha value is -2.15. The molecular formula is C18H26N4O3. The van der Waals surface area contributed by atoms with E-state index in [1.807, 2.05) is 20.8 Å². The van der Waals surface area contributed by atoms with Gasteiger partial charge in [-0.2, -0.15) is 0 Å². The second kappa shape index (κ2) is 7.00. The third kappa shape index (κ3) is 4.10. The average Bonchev–Trinajstić information content (AvgIpc) is 2.92. The Morgan fingerprint density at radius 2 is 2.08 bits per heavy atom. The number of nitrogens with zero attached hydrogens (tertiary/aromatic N) is 3. The summed E-state index contributed by atoms with van der Waals surface area (Å²) in [4.78, 5) is 21.5. The number of ether oxygens (including phenoxy) is 1. The molecule has 7 heteroatoms. The van der Waals surface area contributed by atoms with Crippen molar-refractivity contribution in [2.75, 3.05) is 0 Å². The van der Waals surface area contributed by atoms with Crippen LogP contribution in [0.3, 0.4) is 0 Å². The minimum atomic E-state index is -0.367. The molecule has 1 aliphatic carbocycles. The van der Waals surface area contributed by atoms with Crippen LogP contribution in [-0.2, 0) is 6.73 Å². The van der Waals surface area contributed by atoms with Gasteiger partial charge in [0.2, 0.25) is 5.88 Å². The van der Waals surface area contributed by atoms with E-state index in [9.17, 15) is 9.90 Å². The first kappa shape index (κ1) is 17.7. The SMILES string of the molecule is CC(C)(C)NC(=O)c1cn(CO)c2ncc(OC3CCCCC3)nc12. The first-order chi connectivity index (χ1) is 11.9. The number of aliphatic hydroxyl groups excluding tert-OH is 1. The maximum Gasteiger partial charge on any atom is 0.255 e. The number of hydrogen-bond donors (Lipinski definition) is 2. The van der Waals surface area contributed by atoms with E-state index in [2.05, 4.69) is 15.3 Å². The molecular weight excluding hydrogens is 320 g/mol. The predicted molar refractivity (Wildman–Crippen MR) is 94.5 cm³/mol. The molecule has 1 aliphatic rings. The molecule has 2 aromatic heterocycles. The Morgan fingerprint density at radius 3 is 2.72 bits per heavy atom. The summed E-state index contributed by atoms with van der Waals surface area (Å²) in [6, 6.07) is 0. The maximum atomic E-state index is 12.6. The summed E-state index contributed by atoms with van der Waals surface area (Å²) in [5, 5.41) is 12.4. The number of carbonyl (C=O) groups is 1. The summed E-state index contributed by atoms with van der Waals surface area (Å²) < 4.78 is 7.47. The number of carbonyl (C=O) groups excluding carboxylic acids is 1. The Balaban J connectivity index is 1.92. The van der Waals surface area contributed by atoms with Crippen LogP contribution < -0.4 is 10.1 Å². The van der Waals surface area contributed by atoms with Crippen molar-refractivity contribution in [2.45, 2.75) is 71.2 Å². The maximum absolute atomic E-state index is 12.6. The van der Waals surface area contributed by atoms with Crippen LogP contribution in [0.15, 0.2) is 12.4 Å². The third-order valence-electron chi connectivity index (χ3n) is 4.27. The van der Waals surface area contributed by atoms with E-state index < -0.39 is 0 Å². The van der Waals surface area contributed by atoms with Crippen LogP contribution in [0.5, 0.6) is 5.88 Å². The van der Waals surface area contributed by atoms with Crippen molar-refractivity contribution in [1.82, 2.24) is 19.9 Å². The van der Waals surface area contributed by atoms with Crippen LogP contribution in [0, 0.1) is 0 Å². The summed E-state index contributed by atoms with van der Waals surface area (Å²) in [6.45, 7) is 5.48. The molecule has 25 heavy (non-hydrogen) atoms. The number of aromatic nitrogens is 3. The second-order valence-corrected chi connectivity index (χ2v) is 7.62. The fourth-order valence-electron chi connectivity index (χ4n) is 3.13. The topological polar surface area (TPSA) is 89.3 Å². The van der Waals surface area contributed by atoms with Gasteiger partial charge < -0.3 is 19.7 Å². The van der Waals surface area contributed by atoms with Gasteiger partial charge in [-0.05, 0) is 46.5 Å². The molecule has 136 valence electrons. The molecule has 2 N–H and O–H groups in total. The molecule has 3 rings (SSSR count). The molecule has 7 nitrogen and oxygen atoms in total. The van der Waals surface area contributed by atoms with E-state index in [1.165, 1.54) is 23.8 Å². The van der Waals surface area contributed by atoms with Gasteiger partial charge in [-0.25, -0.2) is 9.97 Å². The molecule has 1 amide bonds. The van der Waals surface area contributed by atoms with Gasteiger partial charge in [0, 0.05) is 11.7 Å². The van der Waals surface area contributed by atoms with Gasteiger partial charge >= 0.3 is 0 Å². The van der Waals surface area contributed by atoms with Crippen LogP contribution in [-0.4, -0.2) is 37.2 Å². The highest BCUT2D eigenvalue weighted by Crippen LogP contribution is 2.25. The lowest BCUT2D eigenvalue weighted by molar-refractivity contribution is 0.0920. The second-order valence-electron chi connectivity index (χ2n) is 7.62. The van der Waals surface area contributed by atoms with Gasteiger partial charge in [-0.3, -0.25) is 4.79 Å². The van der Waals surface area contributed by atoms with Gasteiger partial charge in [0.1, 0.15) is 18.4 Å². The van der Waals surface area contributed by atoms with Crippen LogP contribution in [0.25, 0.3) is 11.2 Å². The van der Waals surface area contributed by atoms with E-state index in [4.69, 9.17) is 4.74 Å². The van der Waals surface area contributed by atoms with E-state index >= 15 is 0 Å². The standard InChI is InChI=1S/C18H26N4O3/c1-18(2,3)21-17(24)13-10-22(11-23)16-15(13)20-14(9-19-16)25-12-7-5-4-6-8-12/h9-10,12,23H,4-8,11H2,1-3H3,(H,21,24). The molecule has 1 fully saturated rings. The number of aliphatic hydroxyl groups is 1. The average molecular weight is 346 g/mol. The van der Waals surface area contributed by atoms with E-state index in [1.54, 1.807) is 12.4 Å². The van der Waals surface area contributed by atoms with Crippen LogP contribution in [0.4, 0.5) is 0 Å². The Labute approximate surface area is 147 Å². The van der Waals surface area contributed by atoms with Crippen LogP contribution in [0.2, 0.25) is 0 Å². The first-order valence-corrected chi connectivity index (χ1v) is 8.83. The molecule has 0 radical (unpaired) electrons. The molecule has 0 atom stereocenters. The Bertz CT molecular complexity index is 758. The first-order valence-electron chi connectivity index (χ1n) is 8.83. The molecule has 0 aromatic carbocycles. The van der Waals surface area contributed by atoms with Crippen molar-refractivity contribution in [3.63, 3.8) is 0 Å². The van der Waals surface area contributed by atoms with Gasteiger partial charge in [0.05, 0.1) is 11.8 Å². The normalized spacial score (nSPS) is 16.2. The fourth-order valence-corrected chi connectivity index (χ4v) is 3.13. The zero-order valence-electron chi connectivity index (χ0n) is 15.1. The lowest BCUT2D eigenvalue weighted by Crippen LogP contribution is -2.40. The quantitative estimate of drug-likeness (QED) is 0.888. The zero-order chi connectivity index (χ0) is 18.0. The van der Waals surface area contributed by atoms with Gasteiger partial charge in [-0.15, -0.1) is 0 Å². The Morgan fingerprint density at radius 1 is 1.36 bits per heavy atom. The number of fused-ring (bicyclic) bond motifs is 1. The lowest BCUT2D eigenvalue weighted by atomic mass is 9.98. The monoisotopic (exact) mass is 346 g/mol. The van der Waals surface area contributed by atoms with Crippen molar-refractivity contribution in [1.29, 1.82) is 0 Å². The number of rotatable bonds is 4. The minimum Gasteiger partial charge on any atom is -0.473 e. The molecule has 0 aliphatic heterocycles. The fraction of sp³-hybridized carbons (Fsp3) is 0.611. The Kier molecular flexibility index (Phi) is 4.94. The lowest BCUT2D eigenvalue weighted by Gasteiger charge is -2.22. The van der Waals surface area contributed by atoms with Crippen molar-refractivity contribution >= 4 is 17.1 Å².